The molecule has 0 radical (unpaired) electrons. The molecule has 0 bridgehead atoms. The summed E-state index contributed by atoms with van der Waals surface area (Å²) in [5.41, 5.74) is 0.290. The Morgan fingerprint density at radius 3 is 2.12 bits per heavy atom. The van der Waals surface area contributed by atoms with Gasteiger partial charge in [-0.3, -0.25) is 0 Å². The van der Waals surface area contributed by atoms with E-state index in [1.54, 1.807) is 18.2 Å². The molecule has 1 aromatic carbocycles. The van der Waals surface area contributed by atoms with Gasteiger partial charge in [-0.2, -0.15) is 0 Å². The number of carboxylic acids is 1. The molecule has 0 saturated heterocycles. The summed E-state index contributed by atoms with van der Waals surface area (Å²) in [7, 11) is 0. The summed E-state index contributed by atoms with van der Waals surface area (Å²) in [6.07, 6.45) is 15.5. The lowest BCUT2D eigenvalue weighted by atomic mass is 9.95. The topological polar surface area (TPSA) is 46.5 Å². The molecule has 3 nitrogen and oxygen atoms in total. The maximum atomic E-state index is 11.1. The minimum Gasteiger partial charge on any atom is -0.493 e. The first kappa shape index (κ1) is 22.5. The van der Waals surface area contributed by atoms with Crippen LogP contribution in [0.25, 0.3) is 0 Å². The molecule has 0 aromatic heterocycles. The Balaban J connectivity index is 2.41. The van der Waals surface area contributed by atoms with Crippen LogP contribution in [0.4, 0.5) is 0 Å². The summed E-state index contributed by atoms with van der Waals surface area (Å²) in [6.45, 7) is 5.19. The summed E-state index contributed by atoms with van der Waals surface area (Å²) in [4.78, 5) is 11.1. The fourth-order valence-electron chi connectivity index (χ4n) is 3.32. The SMILES string of the molecule is CCCCCCCCC(CCCCCC)COc1cccc(C(=O)O)c1. The Labute approximate surface area is 160 Å². The predicted octanol–water partition coefficient (Wildman–Crippen LogP) is 7.10. The van der Waals surface area contributed by atoms with Crippen LogP contribution in [0.1, 0.15) is 101 Å². The highest BCUT2D eigenvalue weighted by Crippen LogP contribution is 2.21. The summed E-state index contributed by atoms with van der Waals surface area (Å²) in [6, 6.07) is 6.84. The van der Waals surface area contributed by atoms with Crippen molar-refractivity contribution in [2.45, 2.75) is 90.9 Å². The molecule has 0 heterocycles. The lowest BCUT2D eigenvalue weighted by Crippen LogP contribution is -2.13. The first-order valence-corrected chi connectivity index (χ1v) is 10.6. The van der Waals surface area contributed by atoms with E-state index in [9.17, 15) is 4.79 Å². The summed E-state index contributed by atoms with van der Waals surface area (Å²) >= 11 is 0. The molecule has 0 aliphatic heterocycles. The monoisotopic (exact) mass is 362 g/mol. The maximum Gasteiger partial charge on any atom is 0.335 e. The van der Waals surface area contributed by atoms with Gasteiger partial charge < -0.3 is 9.84 Å². The lowest BCUT2D eigenvalue weighted by molar-refractivity contribution is 0.0696. The number of hydrogen-bond donors (Lipinski definition) is 1. The Bertz CT molecular complexity index is 484. The van der Waals surface area contributed by atoms with Gasteiger partial charge >= 0.3 is 5.97 Å². The van der Waals surface area contributed by atoms with Crippen molar-refractivity contribution in [3.8, 4) is 5.75 Å². The van der Waals surface area contributed by atoms with Crippen LogP contribution in [0.3, 0.4) is 0 Å². The van der Waals surface area contributed by atoms with Crippen LogP contribution in [0.5, 0.6) is 5.75 Å². The third kappa shape index (κ3) is 10.5. The van der Waals surface area contributed by atoms with Gasteiger partial charge in [0, 0.05) is 0 Å². The second-order valence-corrected chi connectivity index (χ2v) is 7.42. The number of rotatable bonds is 16. The molecule has 1 atom stereocenters. The minimum absolute atomic E-state index is 0.290. The van der Waals surface area contributed by atoms with Gasteiger partial charge in [-0.1, -0.05) is 84.1 Å². The minimum atomic E-state index is -0.904. The van der Waals surface area contributed by atoms with Crippen LogP contribution < -0.4 is 4.74 Å². The molecule has 0 fully saturated rings. The van der Waals surface area contributed by atoms with Crippen molar-refractivity contribution in [2.75, 3.05) is 6.61 Å². The van der Waals surface area contributed by atoms with Crippen LogP contribution in [0, 0.1) is 5.92 Å². The smallest absolute Gasteiger partial charge is 0.335 e. The highest BCUT2D eigenvalue weighted by molar-refractivity contribution is 5.87. The van der Waals surface area contributed by atoms with E-state index in [-0.39, 0.29) is 5.56 Å². The van der Waals surface area contributed by atoms with E-state index in [0.717, 1.165) is 0 Å². The number of aromatic carboxylic acids is 1. The van der Waals surface area contributed by atoms with Crippen molar-refractivity contribution in [2.24, 2.45) is 5.92 Å². The molecular formula is C23H38O3. The van der Waals surface area contributed by atoms with Crippen molar-refractivity contribution in [3.63, 3.8) is 0 Å². The standard InChI is InChI=1S/C23H38O3/c1-3-5-7-9-10-12-15-20(14-11-8-6-4-2)19-26-22-17-13-16-21(18-22)23(24)25/h13,16-18,20H,3-12,14-15,19H2,1-2H3,(H,24,25). The first-order chi connectivity index (χ1) is 12.7. The van der Waals surface area contributed by atoms with Crippen molar-refractivity contribution in [3.05, 3.63) is 29.8 Å². The van der Waals surface area contributed by atoms with E-state index in [1.165, 1.54) is 77.0 Å². The second-order valence-electron chi connectivity index (χ2n) is 7.42. The molecule has 26 heavy (non-hydrogen) atoms. The zero-order valence-electron chi connectivity index (χ0n) is 16.8. The molecule has 148 valence electrons. The van der Waals surface area contributed by atoms with Crippen LogP contribution in [-0.2, 0) is 0 Å². The molecule has 0 amide bonds. The van der Waals surface area contributed by atoms with E-state index in [2.05, 4.69) is 13.8 Å². The van der Waals surface area contributed by atoms with E-state index in [1.807, 2.05) is 6.07 Å². The Hall–Kier alpha value is -1.51. The second kappa shape index (κ2) is 14.6. The van der Waals surface area contributed by atoms with Gasteiger partial charge in [-0.05, 0) is 37.0 Å². The summed E-state index contributed by atoms with van der Waals surface area (Å²) in [5.74, 6) is 0.344. The molecule has 0 spiro atoms. The zero-order valence-corrected chi connectivity index (χ0v) is 16.8. The zero-order chi connectivity index (χ0) is 19.0. The highest BCUT2D eigenvalue weighted by atomic mass is 16.5. The van der Waals surface area contributed by atoms with Gasteiger partial charge in [0.05, 0.1) is 12.2 Å². The van der Waals surface area contributed by atoms with E-state index < -0.39 is 5.97 Å². The third-order valence-corrected chi connectivity index (χ3v) is 5.00. The number of ether oxygens (including phenoxy) is 1. The molecule has 1 aromatic rings. The number of carboxylic acid groups (broad SMARTS) is 1. The maximum absolute atomic E-state index is 11.1. The molecule has 1 rings (SSSR count). The molecule has 1 N–H and O–H groups in total. The Kier molecular flexibility index (Phi) is 12.7. The first-order valence-electron chi connectivity index (χ1n) is 10.6. The highest BCUT2D eigenvalue weighted by Gasteiger charge is 2.11. The average Bonchev–Trinajstić information content (AvgIpc) is 2.65. The van der Waals surface area contributed by atoms with Crippen molar-refractivity contribution in [1.82, 2.24) is 0 Å². The fourth-order valence-corrected chi connectivity index (χ4v) is 3.32. The molecule has 0 saturated carbocycles. The number of hydrogen-bond acceptors (Lipinski definition) is 2. The predicted molar refractivity (Wildman–Crippen MR) is 109 cm³/mol. The van der Waals surface area contributed by atoms with Gasteiger partial charge in [0.1, 0.15) is 5.75 Å². The normalized spacial score (nSPS) is 12.1. The van der Waals surface area contributed by atoms with Crippen molar-refractivity contribution in [1.29, 1.82) is 0 Å². The number of carbonyl (C=O) groups is 1. The van der Waals surface area contributed by atoms with Gasteiger partial charge in [-0.25, -0.2) is 4.79 Å². The average molecular weight is 363 g/mol. The van der Waals surface area contributed by atoms with E-state index in [4.69, 9.17) is 9.84 Å². The molecule has 1 unspecified atom stereocenters. The van der Waals surface area contributed by atoms with Crippen molar-refractivity contribution >= 4 is 5.97 Å². The van der Waals surface area contributed by atoms with Gasteiger partial charge in [0.15, 0.2) is 0 Å². The van der Waals surface area contributed by atoms with Crippen LogP contribution >= 0.6 is 0 Å². The number of unbranched alkanes of at least 4 members (excludes halogenated alkanes) is 8. The molecule has 3 heteroatoms. The summed E-state index contributed by atoms with van der Waals surface area (Å²) in [5, 5.41) is 9.10. The Morgan fingerprint density at radius 1 is 0.923 bits per heavy atom. The fraction of sp³-hybridized carbons (Fsp3) is 0.696. The van der Waals surface area contributed by atoms with E-state index >= 15 is 0 Å². The van der Waals surface area contributed by atoms with E-state index in [0.29, 0.717) is 18.3 Å². The van der Waals surface area contributed by atoms with Crippen LogP contribution in [0.15, 0.2) is 24.3 Å². The lowest BCUT2D eigenvalue weighted by Gasteiger charge is -2.18. The largest absolute Gasteiger partial charge is 0.493 e. The van der Waals surface area contributed by atoms with Crippen LogP contribution in [0.2, 0.25) is 0 Å². The number of benzene rings is 1. The molecule has 0 aliphatic rings. The quantitative estimate of drug-likeness (QED) is 0.319. The van der Waals surface area contributed by atoms with Crippen molar-refractivity contribution < 1.29 is 14.6 Å². The van der Waals surface area contributed by atoms with Gasteiger partial charge in [0.2, 0.25) is 0 Å². The Morgan fingerprint density at radius 2 is 1.50 bits per heavy atom. The van der Waals surface area contributed by atoms with Gasteiger partial charge in [0.25, 0.3) is 0 Å². The summed E-state index contributed by atoms with van der Waals surface area (Å²) < 4.78 is 5.95. The third-order valence-electron chi connectivity index (χ3n) is 5.00. The molecule has 0 aliphatic carbocycles. The molecular weight excluding hydrogens is 324 g/mol. The van der Waals surface area contributed by atoms with Crippen LogP contribution in [-0.4, -0.2) is 17.7 Å². The van der Waals surface area contributed by atoms with Gasteiger partial charge in [-0.15, -0.1) is 0 Å².